The van der Waals surface area contributed by atoms with Gasteiger partial charge in [-0.2, -0.15) is 0 Å². The van der Waals surface area contributed by atoms with Crippen LogP contribution in [0.2, 0.25) is 5.22 Å². The average molecular weight is 305 g/mol. The molecular formula is C16H17ClN2O2. The lowest BCUT2D eigenvalue weighted by Gasteiger charge is -2.17. The van der Waals surface area contributed by atoms with Gasteiger partial charge in [-0.05, 0) is 53.9 Å². The predicted octanol–water partition coefficient (Wildman–Crippen LogP) is 3.52. The summed E-state index contributed by atoms with van der Waals surface area (Å²) >= 11 is 5.89. The van der Waals surface area contributed by atoms with Crippen molar-refractivity contribution in [2.24, 2.45) is 0 Å². The standard InChI is InChI=1S/C16H17ClN2O2/c1-2-7-18-16(13-5-6-14(17)21-13)10-3-4-12-11(8-10)9-15(20)19-12/h3-6,8,16,18H,2,7,9H2,1H3,(H,19,20). The van der Waals surface area contributed by atoms with E-state index < -0.39 is 0 Å². The molecule has 21 heavy (non-hydrogen) atoms. The van der Waals surface area contributed by atoms with Crippen LogP contribution in [0.1, 0.15) is 36.3 Å². The maximum absolute atomic E-state index is 11.5. The first-order chi connectivity index (χ1) is 10.2. The van der Waals surface area contributed by atoms with Crippen molar-refractivity contribution >= 4 is 23.2 Å². The normalized spacial score (nSPS) is 14.9. The van der Waals surface area contributed by atoms with Gasteiger partial charge in [0.1, 0.15) is 5.76 Å². The Labute approximate surface area is 128 Å². The van der Waals surface area contributed by atoms with Gasteiger partial charge in [0.05, 0.1) is 12.5 Å². The fourth-order valence-electron chi connectivity index (χ4n) is 2.58. The van der Waals surface area contributed by atoms with Crippen molar-refractivity contribution in [3.8, 4) is 0 Å². The molecule has 0 saturated carbocycles. The fraction of sp³-hybridized carbons (Fsp3) is 0.312. The molecule has 1 atom stereocenters. The van der Waals surface area contributed by atoms with Crippen LogP contribution < -0.4 is 10.6 Å². The molecule has 0 saturated heterocycles. The predicted molar refractivity (Wildman–Crippen MR) is 82.6 cm³/mol. The van der Waals surface area contributed by atoms with E-state index in [2.05, 4.69) is 23.6 Å². The molecule has 110 valence electrons. The third kappa shape index (κ3) is 2.96. The lowest BCUT2D eigenvalue weighted by Crippen LogP contribution is -2.22. The molecule has 1 aliphatic heterocycles. The molecule has 1 aromatic carbocycles. The SMILES string of the molecule is CCCNC(c1ccc2c(c1)CC(=O)N2)c1ccc(Cl)o1. The van der Waals surface area contributed by atoms with Gasteiger partial charge in [-0.25, -0.2) is 0 Å². The third-order valence-corrected chi connectivity index (χ3v) is 3.77. The lowest BCUT2D eigenvalue weighted by molar-refractivity contribution is -0.115. The number of carbonyl (C=O) groups excluding carboxylic acids is 1. The summed E-state index contributed by atoms with van der Waals surface area (Å²) in [5.74, 6) is 0.826. The summed E-state index contributed by atoms with van der Waals surface area (Å²) in [7, 11) is 0. The van der Waals surface area contributed by atoms with Crippen molar-refractivity contribution in [3.05, 3.63) is 52.4 Å². The number of anilines is 1. The molecule has 3 rings (SSSR count). The van der Waals surface area contributed by atoms with Gasteiger partial charge in [-0.3, -0.25) is 4.79 Å². The van der Waals surface area contributed by atoms with Gasteiger partial charge in [0.25, 0.3) is 0 Å². The summed E-state index contributed by atoms with van der Waals surface area (Å²) in [6.45, 7) is 2.99. The van der Waals surface area contributed by atoms with E-state index in [0.29, 0.717) is 11.6 Å². The number of amides is 1. The van der Waals surface area contributed by atoms with E-state index in [1.165, 1.54) is 0 Å². The third-order valence-electron chi connectivity index (χ3n) is 3.56. The van der Waals surface area contributed by atoms with E-state index in [9.17, 15) is 4.79 Å². The van der Waals surface area contributed by atoms with E-state index in [4.69, 9.17) is 16.0 Å². The van der Waals surface area contributed by atoms with Crippen LogP contribution in [0.3, 0.4) is 0 Å². The van der Waals surface area contributed by atoms with E-state index in [1.807, 2.05) is 18.2 Å². The highest BCUT2D eigenvalue weighted by Gasteiger charge is 2.22. The topological polar surface area (TPSA) is 54.3 Å². The quantitative estimate of drug-likeness (QED) is 0.888. The summed E-state index contributed by atoms with van der Waals surface area (Å²) in [6.07, 6.45) is 1.46. The Bertz CT molecular complexity index is 666. The van der Waals surface area contributed by atoms with Crippen molar-refractivity contribution < 1.29 is 9.21 Å². The zero-order valence-electron chi connectivity index (χ0n) is 11.8. The summed E-state index contributed by atoms with van der Waals surface area (Å²) in [5.41, 5.74) is 3.00. The van der Waals surface area contributed by atoms with Gasteiger partial charge >= 0.3 is 0 Å². The van der Waals surface area contributed by atoms with Crippen molar-refractivity contribution in [1.29, 1.82) is 0 Å². The Morgan fingerprint density at radius 1 is 1.38 bits per heavy atom. The molecule has 0 fully saturated rings. The van der Waals surface area contributed by atoms with Crippen molar-refractivity contribution in [2.45, 2.75) is 25.8 Å². The monoisotopic (exact) mass is 304 g/mol. The molecule has 1 aliphatic rings. The lowest BCUT2D eigenvalue weighted by atomic mass is 10.0. The van der Waals surface area contributed by atoms with Crippen molar-refractivity contribution in [3.63, 3.8) is 0 Å². The number of benzene rings is 1. The van der Waals surface area contributed by atoms with E-state index in [1.54, 1.807) is 6.07 Å². The zero-order chi connectivity index (χ0) is 14.8. The maximum atomic E-state index is 11.5. The Kier molecular flexibility index (Phi) is 3.99. The molecule has 0 radical (unpaired) electrons. The number of hydrogen-bond acceptors (Lipinski definition) is 3. The molecule has 4 nitrogen and oxygen atoms in total. The van der Waals surface area contributed by atoms with Crippen LogP contribution in [0, 0.1) is 0 Å². The Morgan fingerprint density at radius 3 is 2.95 bits per heavy atom. The summed E-state index contributed by atoms with van der Waals surface area (Å²) in [6, 6.07) is 9.58. The zero-order valence-corrected chi connectivity index (χ0v) is 12.5. The van der Waals surface area contributed by atoms with Crippen LogP contribution in [-0.2, 0) is 11.2 Å². The maximum Gasteiger partial charge on any atom is 0.228 e. The Balaban J connectivity index is 1.93. The first-order valence-electron chi connectivity index (χ1n) is 7.08. The van der Waals surface area contributed by atoms with Crippen LogP contribution in [-0.4, -0.2) is 12.5 Å². The Morgan fingerprint density at radius 2 is 2.24 bits per heavy atom. The Hall–Kier alpha value is -1.78. The number of halogens is 1. The van der Waals surface area contributed by atoms with E-state index in [-0.39, 0.29) is 11.9 Å². The highest BCUT2D eigenvalue weighted by Crippen LogP contribution is 2.30. The number of nitrogens with one attached hydrogen (secondary N) is 2. The molecule has 1 aromatic heterocycles. The second kappa shape index (κ2) is 5.92. The van der Waals surface area contributed by atoms with Crippen LogP contribution in [0.15, 0.2) is 34.7 Å². The van der Waals surface area contributed by atoms with Gasteiger partial charge in [0, 0.05) is 5.69 Å². The van der Waals surface area contributed by atoms with Crippen LogP contribution in [0.5, 0.6) is 0 Å². The summed E-state index contributed by atoms with van der Waals surface area (Å²) in [4.78, 5) is 11.5. The van der Waals surface area contributed by atoms with Gasteiger partial charge in [0.15, 0.2) is 5.22 Å². The average Bonchev–Trinajstić information content (AvgIpc) is 3.04. The molecule has 5 heteroatoms. The second-order valence-electron chi connectivity index (χ2n) is 5.17. The minimum absolute atomic E-state index is 0.0428. The van der Waals surface area contributed by atoms with Crippen LogP contribution >= 0.6 is 11.6 Å². The van der Waals surface area contributed by atoms with Gasteiger partial charge < -0.3 is 15.1 Å². The molecule has 0 spiro atoms. The minimum Gasteiger partial charge on any atom is -0.448 e. The van der Waals surface area contributed by atoms with Gasteiger partial charge in [0.2, 0.25) is 5.91 Å². The minimum atomic E-state index is -0.0570. The molecule has 2 N–H and O–H groups in total. The molecule has 1 amide bonds. The van der Waals surface area contributed by atoms with Gasteiger partial charge in [-0.1, -0.05) is 19.1 Å². The van der Waals surface area contributed by atoms with E-state index >= 15 is 0 Å². The molecule has 1 unspecified atom stereocenters. The fourth-order valence-corrected chi connectivity index (χ4v) is 2.74. The number of fused-ring (bicyclic) bond motifs is 1. The molecule has 2 aromatic rings. The second-order valence-corrected chi connectivity index (χ2v) is 5.54. The smallest absolute Gasteiger partial charge is 0.228 e. The summed E-state index contributed by atoms with van der Waals surface area (Å²) < 4.78 is 5.56. The number of hydrogen-bond donors (Lipinski definition) is 2. The van der Waals surface area contributed by atoms with Crippen LogP contribution in [0.25, 0.3) is 0 Å². The van der Waals surface area contributed by atoms with E-state index in [0.717, 1.165) is 35.5 Å². The first-order valence-corrected chi connectivity index (χ1v) is 7.46. The number of rotatable bonds is 5. The van der Waals surface area contributed by atoms with Crippen molar-refractivity contribution in [1.82, 2.24) is 5.32 Å². The molecule has 0 aliphatic carbocycles. The highest BCUT2D eigenvalue weighted by molar-refractivity contribution is 6.28. The van der Waals surface area contributed by atoms with Crippen molar-refractivity contribution in [2.75, 3.05) is 11.9 Å². The highest BCUT2D eigenvalue weighted by atomic mass is 35.5. The number of furan rings is 1. The largest absolute Gasteiger partial charge is 0.448 e. The number of carbonyl (C=O) groups is 1. The van der Waals surface area contributed by atoms with Crippen LogP contribution in [0.4, 0.5) is 5.69 Å². The molecule has 2 heterocycles. The first kappa shape index (κ1) is 14.2. The molecule has 0 bridgehead atoms. The summed E-state index contributed by atoms with van der Waals surface area (Å²) in [5, 5.41) is 6.69. The molecular weight excluding hydrogens is 288 g/mol. The van der Waals surface area contributed by atoms with Gasteiger partial charge in [-0.15, -0.1) is 0 Å².